The molecule has 1 amide bonds. The molecular weight excluding hydrogens is 430 g/mol. The summed E-state index contributed by atoms with van der Waals surface area (Å²) in [5.41, 5.74) is 8.67. The lowest BCUT2D eigenvalue weighted by Gasteiger charge is -2.13. The molecule has 1 atom stereocenters. The number of carbonyl (C=O) groups excluding carboxylic acids is 1. The Morgan fingerprint density at radius 1 is 1.10 bits per heavy atom. The molecule has 0 aliphatic heterocycles. The third-order valence-corrected chi connectivity index (χ3v) is 5.82. The minimum absolute atomic E-state index is 0.321. The number of hydrogen-bond acceptors (Lipinski definition) is 3. The molecule has 0 radical (unpaired) electrons. The molecule has 1 aromatic heterocycles. The van der Waals surface area contributed by atoms with E-state index in [4.69, 9.17) is 4.74 Å². The van der Waals surface area contributed by atoms with Crippen molar-refractivity contribution in [2.24, 2.45) is 5.10 Å². The first-order valence-electron chi connectivity index (χ1n) is 9.29. The maximum absolute atomic E-state index is 12.5. The van der Waals surface area contributed by atoms with Crippen molar-refractivity contribution in [3.63, 3.8) is 0 Å². The molecule has 1 heterocycles. The van der Waals surface area contributed by atoms with Gasteiger partial charge in [0.05, 0.1) is 6.21 Å². The van der Waals surface area contributed by atoms with Crippen LogP contribution in [-0.4, -0.2) is 23.8 Å². The third-order valence-electron chi connectivity index (χ3n) is 4.82. The summed E-state index contributed by atoms with van der Waals surface area (Å²) >= 11 is 3.66. The monoisotopic (exact) mass is 453 g/mol. The van der Waals surface area contributed by atoms with Crippen LogP contribution in [0.1, 0.15) is 34.2 Å². The summed E-state index contributed by atoms with van der Waals surface area (Å²) in [6.45, 7) is 6.15. The fourth-order valence-corrected chi connectivity index (χ4v) is 3.94. The summed E-state index contributed by atoms with van der Waals surface area (Å²) in [6, 6.07) is 17.7. The van der Waals surface area contributed by atoms with Gasteiger partial charge in [-0.25, -0.2) is 5.43 Å². The van der Waals surface area contributed by atoms with E-state index < -0.39 is 6.10 Å². The topological polar surface area (TPSA) is 55.6 Å². The molecule has 3 aromatic rings. The zero-order chi connectivity index (χ0) is 21.0. The van der Waals surface area contributed by atoms with Gasteiger partial charge in [-0.05, 0) is 60.0 Å². The number of carbonyl (C=O) groups is 1. The number of amides is 1. The zero-order valence-corrected chi connectivity index (χ0v) is 18.5. The highest BCUT2D eigenvalue weighted by molar-refractivity contribution is 9.10. The minimum Gasteiger partial charge on any atom is -0.367 e. The van der Waals surface area contributed by atoms with Gasteiger partial charge in [-0.15, -0.1) is 0 Å². The highest BCUT2D eigenvalue weighted by Crippen LogP contribution is 2.29. The van der Waals surface area contributed by atoms with Crippen LogP contribution >= 0.6 is 15.9 Å². The Bertz CT molecular complexity index is 1040. The van der Waals surface area contributed by atoms with E-state index in [0.717, 1.165) is 32.7 Å². The summed E-state index contributed by atoms with van der Waals surface area (Å²) in [4.78, 5) is 12.5. The van der Waals surface area contributed by atoms with Crippen LogP contribution in [0.15, 0.2) is 64.2 Å². The van der Waals surface area contributed by atoms with E-state index in [1.165, 1.54) is 12.7 Å². The predicted octanol–water partition coefficient (Wildman–Crippen LogP) is 5.00. The van der Waals surface area contributed by atoms with E-state index in [1.54, 1.807) is 6.21 Å². The number of methoxy groups -OCH3 is 1. The largest absolute Gasteiger partial charge is 0.367 e. The highest BCUT2D eigenvalue weighted by Gasteiger charge is 2.20. The number of aryl methyl sites for hydroxylation is 1. The molecule has 0 aliphatic carbocycles. The summed E-state index contributed by atoms with van der Waals surface area (Å²) in [5.74, 6) is -0.321. The van der Waals surface area contributed by atoms with E-state index in [1.807, 2.05) is 50.2 Å². The molecule has 29 heavy (non-hydrogen) atoms. The standard InChI is InChI=1S/C23H24BrN3O2/c1-15-9-8-12-19(13-15)27-16(2)20(21(24)17(27)3)14-25-26-23(28)22(29-4)18-10-6-5-7-11-18/h5-14,22H,1-4H3,(H,26,28)/b25-14-/t22-/m1/s1. The van der Waals surface area contributed by atoms with Crippen molar-refractivity contribution >= 4 is 28.1 Å². The number of hydrazone groups is 1. The third kappa shape index (κ3) is 4.49. The number of aromatic nitrogens is 1. The van der Waals surface area contributed by atoms with Crippen molar-refractivity contribution < 1.29 is 9.53 Å². The van der Waals surface area contributed by atoms with Crippen molar-refractivity contribution in [1.82, 2.24) is 9.99 Å². The Kier molecular flexibility index (Phi) is 6.67. The Morgan fingerprint density at radius 3 is 2.48 bits per heavy atom. The Hall–Kier alpha value is -2.70. The number of benzene rings is 2. The van der Waals surface area contributed by atoms with E-state index in [9.17, 15) is 4.79 Å². The lowest BCUT2D eigenvalue weighted by Crippen LogP contribution is -2.26. The predicted molar refractivity (Wildman–Crippen MR) is 120 cm³/mol. The van der Waals surface area contributed by atoms with Crippen LogP contribution in [0.25, 0.3) is 5.69 Å². The number of rotatable bonds is 6. The van der Waals surface area contributed by atoms with E-state index >= 15 is 0 Å². The fourth-order valence-electron chi connectivity index (χ4n) is 3.37. The summed E-state index contributed by atoms with van der Waals surface area (Å²) < 4.78 is 8.46. The molecule has 0 saturated heterocycles. The smallest absolute Gasteiger partial charge is 0.273 e. The molecule has 0 unspecified atom stereocenters. The Morgan fingerprint density at radius 2 is 1.83 bits per heavy atom. The molecule has 0 aliphatic rings. The van der Waals surface area contributed by atoms with Crippen LogP contribution in [0.4, 0.5) is 0 Å². The summed E-state index contributed by atoms with van der Waals surface area (Å²) in [6.07, 6.45) is 0.949. The first-order valence-corrected chi connectivity index (χ1v) is 10.1. The zero-order valence-electron chi connectivity index (χ0n) is 16.9. The van der Waals surface area contributed by atoms with Crippen LogP contribution in [0.2, 0.25) is 0 Å². The van der Waals surface area contributed by atoms with Gasteiger partial charge in [0.15, 0.2) is 6.10 Å². The lowest BCUT2D eigenvalue weighted by molar-refractivity contribution is -0.131. The number of halogens is 1. The molecule has 150 valence electrons. The van der Waals surface area contributed by atoms with Crippen molar-refractivity contribution in [2.45, 2.75) is 26.9 Å². The van der Waals surface area contributed by atoms with Gasteiger partial charge in [-0.3, -0.25) is 4.79 Å². The van der Waals surface area contributed by atoms with Crippen molar-refractivity contribution in [2.75, 3.05) is 7.11 Å². The second-order valence-electron chi connectivity index (χ2n) is 6.83. The van der Waals surface area contributed by atoms with Gasteiger partial charge in [0.2, 0.25) is 0 Å². The van der Waals surface area contributed by atoms with Gasteiger partial charge in [0.1, 0.15) is 0 Å². The summed E-state index contributed by atoms with van der Waals surface area (Å²) in [7, 11) is 1.51. The summed E-state index contributed by atoms with van der Waals surface area (Å²) in [5, 5.41) is 4.18. The Balaban J connectivity index is 1.82. The molecule has 2 aromatic carbocycles. The second-order valence-corrected chi connectivity index (χ2v) is 7.63. The molecule has 5 nitrogen and oxygen atoms in total. The molecule has 0 saturated carbocycles. The molecule has 1 N–H and O–H groups in total. The van der Waals surface area contributed by atoms with Crippen LogP contribution in [0, 0.1) is 20.8 Å². The van der Waals surface area contributed by atoms with E-state index in [-0.39, 0.29) is 5.91 Å². The quantitative estimate of drug-likeness (QED) is 0.421. The van der Waals surface area contributed by atoms with Gasteiger partial charge in [0, 0.05) is 34.2 Å². The fraction of sp³-hybridized carbons (Fsp3) is 0.217. The number of ether oxygens (including phenoxy) is 1. The van der Waals surface area contributed by atoms with Gasteiger partial charge >= 0.3 is 0 Å². The second kappa shape index (κ2) is 9.20. The SMILES string of the molecule is CO[C@@H](C(=O)N/N=C\c1c(Br)c(C)n(-c2cccc(C)c2)c1C)c1ccccc1. The maximum Gasteiger partial charge on any atom is 0.273 e. The van der Waals surface area contributed by atoms with Crippen LogP contribution in [0.3, 0.4) is 0 Å². The van der Waals surface area contributed by atoms with Gasteiger partial charge in [-0.1, -0.05) is 42.5 Å². The molecule has 0 bridgehead atoms. The van der Waals surface area contributed by atoms with Crippen LogP contribution < -0.4 is 5.43 Å². The number of hydrogen-bond donors (Lipinski definition) is 1. The van der Waals surface area contributed by atoms with Crippen molar-refractivity contribution in [1.29, 1.82) is 0 Å². The van der Waals surface area contributed by atoms with E-state index in [2.05, 4.69) is 56.1 Å². The van der Waals surface area contributed by atoms with Crippen LogP contribution in [-0.2, 0) is 9.53 Å². The molecule has 6 heteroatoms. The normalized spacial score (nSPS) is 12.3. The van der Waals surface area contributed by atoms with E-state index in [0.29, 0.717) is 0 Å². The van der Waals surface area contributed by atoms with Gasteiger partial charge < -0.3 is 9.30 Å². The number of nitrogens with zero attached hydrogens (tertiary/aromatic N) is 2. The molecular formula is C23H24BrN3O2. The van der Waals surface area contributed by atoms with Gasteiger partial charge in [0.25, 0.3) is 5.91 Å². The number of nitrogens with one attached hydrogen (secondary N) is 1. The lowest BCUT2D eigenvalue weighted by atomic mass is 10.1. The van der Waals surface area contributed by atoms with Crippen molar-refractivity contribution in [3.05, 3.63) is 87.1 Å². The van der Waals surface area contributed by atoms with Crippen LogP contribution in [0.5, 0.6) is 0 Å². The van der Waals surface area contributed by atoms with Crippen molar-refractivity contribution in [3.8, 4) is 5.69 Å². The molecule has 0 fully saturated rings. The first-order chi connectivity index (χ1) is 13.9. The molecule has 3 rings (SSSR count). The first kappa shape index (κ1) is 21.0. The minimum atomic E-state index is -0.712. The Labute approximate surface area is 179 Å². The van der Waals surface area contributed by atoms with Gasteiger partial charge in [-0.2, -0.15) is 5.10 Å². The maximum atomic E-state index is 12.5. The average Bonchev–Trinajstić information content (AvgIpc) is 2.92. The molecule has 0 spiro atoms. The average molecular weight is 454 g/mol. The highest BCUT2D eigenvalue weighted by atomic mass is 79.9.